The summed E-state index contributed by atoms with van der Waals surface area (Å²) in [5.41, 5.74) is 0. The maximum Gasteiger partial charge on any atom is 0.0575 e. The molecule has 1 aliphatic rings. The highest BCUT2D eigenvalue weighted by atomic mass is 16.5. The van der Waals surface area contributed by atoms with Crippen molar-refractivity contribution in [3.63, 3.8) is 0 Å². The Labute approximate surface area is 101 Å². The molecule has 1 N–H and O–H groups in total. The maximum absolute atomic E-state index is 5.83. The molecule has 0 saturated heterocycles. The van der Waals surface area contributed by atoms with Crippen molar-refractivity contribution in [2.75, 3.05) is 19.7 Å². The van der Waals surface area contributed by atoms with Crippen LogP contribution in [-0.2, 0) is 4.74 Å². The fourth-order valence-corrected chi connectivity index (χ4v) is 2.31. The molecule has 16 heavy (non-hydrogen) atoms. The van der Waals surface area contributed by atoms with Gasteiger partial charge < -0.3 is 10.1 Å². The Morgan fingerprint density at radius 1 is 1.00 bits per heavy atom. The molecule has 0 atom stereocenters. The van der Waals surface area contributed by atoms with E-state index < -0.39 is 0 Å². The summed E-state index contributed by atoms with van der Waals surface area (Å²) in [5.74, 6) is 0. The second-order valence-electron chi connectivity index (χ2n) is 4.94. The molecule has 1 saturated carbocycles. The van der Waals surface area contributed by atoms with Crippen molar-refractivity contribution >= 4 is 0 Å². The van der Waals surface area contributed by atoms with E-state index >= 15 is 0 Å². The minimum absolute atomic E-state index is 0.603. The van der Waals surface area contributed by atoms with Gasteiger partial charge in [0.05, 0.1) is 6.10 Å². The van der Waals surface area contributed by atoms with Crippen LogP contribution in [-0.4, -0.2) is 25.8 Å². The van der Waals surface area contributed by atoms with Crippen molar-refractivity contribution in [2.24, 2.45) is 0 Å². The largest absolute Gasteiger partial charge is 0.378 e. The number of ether oxygens (including phenoxy) is 1. The zero-order valence-corrected chi connectivity index (χ0v) is 11.0. The highest BCUT2D eigenvalue weighted by Crippen LogP contribution is 2.21. The van der Waals surface area contributed by atoms with Crippen LogP contribution in [0.4, 0.5) is 0 Å². The normalized spacial score (nSPS) is 17.1. The van der Waals surface area contributed by atoms with Gasteiger partial charge in [-0.15, -0.1) is 0 Å². The van der Waals surface area contributed by atoms with E-state index in [1.54, 1.807) is 0 Å². The number of rotatable bonds is 10. The Balaban J connectivity index is 1.71. The Hall–Kier alpha value is -0.0800. The van der Waals surface area contributed by atoms with Gasteiger partial charge in [0.2, 0.25) is 0 Å². The highest BCUT2D eigenvalue weighted by molar-refractivity contribution is 4.66. The van der Waals surface area contributed by atoms with E-state index in [-0.39, 0.29) is 0 Å². The first kappa shape index (κ1) is 14.0. The summed E-state index contributed by atoms with van der Waals surface area (Å²) in [6.45, 7) is 5.57. The highest BCUT2D eigenvalue weighted by Gasteiger charge is 2.14. The van der Waals surface area contributed by atoms with Gasteiger partial charge in [-0.25, -0.2) is 0 Å². The molecule has 1 rings (SSSR count). The molecular formula is C14H29NO. The van der Waals surface area contributed by atoms with Crippen LogP contribution in [0, 0.1) is 0 Å². The van der Waals surface area contributed by atoms with E-state index in [0.717, 1.165) is 6.61 Å². The molecule has 1 fully saturated rings. The minimum Gasteiger partial charge on any atom is -0.378 e. The number of unbranched alkanes of at least 4 members (excludes halogenated alkanes) is 3. The van der Waals surface area contributed by atoms with Crippen LogP contribution in [0.1, 0.15) is 64.7 Å². The third-order valence-corrected chi connectivity index (χ3v) is 3.33. The van der Waals surface area contributed by atoms with Crippen molar-refractivity contribution in [2.45, 2.75) is 70.8 Å². The molecule has 0 aromatic heterocycles. The predicted molar refractivity (Wildman–Crippen MR) is 69.8 cm³/mol. The number of hydrogen-bond donors (Lipinski definition) is 1. The summed E-state index contributed by atoms with van der Waals surface area (Å²) >= 11 is 0. The van der Waals surface area contributed by atoms with Gasteiger partial charge in [0.15, 0.2) is 0 Å². The zero-order chi connectivity index (χ0) is 11.5. The molecule has 0 aliphatic heterocycles. The molecule has 96 valence electrons. The first-order chi connectivity index (χ1) is 7.93. The third kappa shape index (κ3) is 7.24. The lowest BCUT2D eigenvalue weighted by Gasteiger charge is -2.10. The molecule has 2 heteroatoms. The second-order valence-corrected chi connectivity index (χ2v) is 4.94. The molecule has 1 aliphatic carbocycles. The van der Waals surface area contributed by atoms with Gasteiger partial charge in [-0.1, -0.05) is 32.6 Å². The summed E-state index contributed by atoms with van der Waals surface area (Å²) in [6.07, 6.45) is 12.5. The molecule has 0 heterocycles. The molecule has 0 spiro atoms. The monoisotopic (exact) mass is 227 g/mol. The first-order valence-corrected chi connectivity index (χ1v) is 7.26. The number of hydrogen-bond acceptors (Lipinski definition) is 2. The maximum atomic E-state index is 5.83. The minimum atomic E-state index is 0.603. The van der Waals surface area contributed by atoms with Gasteiger partial charge in [-0.05, 0) is 45.2 Å². The lowest BCUT2D eigenvalue weighted by Crippen LogP contribution is -2.15. The second kappa shape index (κ2) is 10.1. The predicted octanol–water partition coefficient (Wildman–Crippen LogP) is 3.51. The van der Waals surface area contributed by atoms with Crippen molar-refractivity contribution in [1.29, 1.82) is 0 Å². The Bertz CT molecular complexity index is 144. The Kier molecular flexibility index (Phi) is 8.83. The molecule has 0 unspecified atom stereocenters. The summed E-state index contributed by atoms with van der Waals surface area (Å²) < 4.78 is 5.83. The van der Waals surface area contributed by atoms with Gasteiger partial charge >= 0.3 is 0 Å². The SMILES string of the molecule is CCCNCCCCCCOC1CCCC1. The van der Waals surface area contributed by atoms with Crippen molar-refractivity contribution in [1.82, 2.24) is 5.32 Å². The van der Waals surface area contributed by atoms with Crippen LogP contribution in [0.25, 0.3) is 0 Å². The van der Waals surface area contributed by atoms with Crippen molar-refractivity contribution < 1.29 is 4.74 Å². The van der Waals surface area contributed by atoms with Gasteiger partial charge in [-0.2, -0.15) is 0 Å². The summed E-state index contributed by atoms with van der Waals surface area (Å²) in [7, 11) is 0. The molecule has 0 radical (unpaired) electrons. The molecule has 0 aromatic carbocycles. The van der Waals surface area contributed by atoms with E-state index in [9.17, 15) is 0 Å². The summed E-state index contributed by atoms with van der Waals surface area (Å²) in [5, 5.41) is 3.44. The fourth-order valence-electron chi connectivity index (χ4n) is 2.31. The third-order valence-electron chi connectivity index (χ3n) is 3.33. The van der Waals surface area contributed by atoms with Crippen LogP contribution in [0.15, 0.2) is 0 Å². The lowest BCUT2D eigenvalue weighted by molar-refractivity contribution is 0.0556. The van der Waals surface area contributed by atoms with Crippen LogP contribution in [0.3, 0.4) is 0 Å². The van der Waals surface area contributed by atoms with Crippen LogP contribution in [0.2, 0.25) is 0 Å². The van der Waals surface area contributed by atoms with E-state index in [1.165, 1.54) is 70.9 Å². The number of nitrogens with one attached hydrogen (secondary N) is 1. The van der Waals surface area contributed by atoms with Gasteiger partial charge in [-0.3, -0.25) is 0 Å². The van der Waals surface area contributed by atoms with Gasteiger partial charge in [0.25, 0.3) is 0 Å². The molecule has 0 bridgehead atoms. The molecular weight excluding hydrogens is 198 g/mol. The van der Waals surface area contributed by atoms with Crippen molar-refractivity contribution in [3.8, 4) is 0 Å². The van der Waals surface area contributed by atoms with E-state index in [4.69, 9.17) is 4.74 Å². The smallest absolute Gasteiger partial charge is 0.0575 e. The molecule has 2 nitrogen and oxygen atoms in total. The topological polar surface area (TPSA) is 21.3 Å². The van der Waals surface area contributed by atoms with Gasteiger partial charge in [0, 0.05) is 6.61 Å². The van der Waals surface area contributed by atoms with Gasteiger partial charge in [0.1, 0.15) is 0 Å². The lowest BCUT2D eigenvalue weighted by atomic mass is 10.2. The van der Waals surface area contributed by atoms with Crippen LogP contribution < -0.4 is 5.32 Å². The fraction of sp³-hybridized carbons (Fsp3) is 1.00. The zero-order valence-electron chi connectivity index (χ0n) is 11.0. The van der Waals surface area contributed by atoms with E-state index in [2.05, 4.69) is 12.2 Å². The van der Waals surface area contributed by atoms with E-state index in [0.29, 0.717) is 6.10 Å². The Morgan fingerprint density at radius 2 is 1.75 bits per heavy atom. The average molecular weight is 227 g/mol. The summed E-state index contributed by atoms with van der Waals surface area (Å²) in [6, 6.07) is 0. The first-order valence-electron chi connectivity index (χ1n) is 7.26. The van der Waals surface area contributed by atoms with Crippen LogP contribution >= 0.6 is 0 Å². The Morgan fingerprint density at radius 3 is 2.50 bits per heavy atom. The summed E-state index contributed by atoms with van der Waals surface area (Å²) in [4.78, 5) is 0. The van der Waals surface area contributed by atoms with Crippen molar-refractivity contribution in [3.05, 3.63) is 0 Å². The molecule has 0 aromatic rings. The van der Waals surface area contributed by atoms with E-state index in [1.807, 2.05) is 0 Å². The standard InChI is InChI=1S/C14H29NO/c1-2-11-15-12-7-3-4-8-13-16-14-9-5-6-10-14/h14-15H,2-13H2,1H3. The van der Waals surface area contributed by atoms with Crippen LogP contribution in [0.5, 0.6) is 0 Å². The quantitative estimate of drug-likeness (QED) is 0.577. The molecule has 0 amide bonds. The average Bonchev–Trinajstić information content (AvgIpc) is 2.80.